The summed E-state index contributed by atoms with van der Waals surface area (Å²) in [5.41, 5.74) is -1.58. The number of carbonyl (C=O) groups excluding carboxylic acids is 2. The van der Waals surface area contributed by atoms with E-state index in [0.29, 0.717) is 25.7 Å². The van der Waals surface area contributed by atoms with Crippen LogP contribution in [0.2, 0.25) is 0 Å². The molecule has 0 aromatic heterocycles. The molecule has 0 saturated heterocycles. The molecule has 0 spiro atoms. The molecule has 0 unspecified atom stereocenters. The Morgan fingerprint density at radius 1 is 0.743 bits per heavy atom. The van der Waals surface area contributed by atoms with Crippen LogP contribution < -0.4 is 10.6 Å². The van der Waals surface area contributed by atoms with Crippen molar-refractivity contribution in [3.63, 3.8) is 0 Å². The third-order valence-corrected chi connectivity index (χ3v) is 7.21. The van der Waals surface area contributed by atoms with Crippen LogP contribution in [0.1, 0.15) is 64.5 Å². The average molecular weight is 481 g/mol. The van der Waals surface area contributed by atoms with Crippen molar-refractivity contribution < 1.29 is 19.8 Å². The van der Waals surface area contributed by atoms with Crippen LogP contribution in [0.5, 0.6) is 0 Å². The van der Waals surface area contributed by atoms with Crippen molar-refractivity contribution in [1.82, 2.24) is 10.6 Å². The minimum Gasteiger partial charge on any atom is -0.388 e. The highest BCUT2D eigenvalue weighted by Gasteiger charge is 2.50. The lowest BCUT2D eigenvalue weighted by Crippen LogP contribution is -2.60. The summed E-state index contributed by atoms with van der Waals surface area (Å²) in [5, 5.41) is 27.7. The van der Waals surface area contributed by atoms with E-state index in [0.717, 1.165) is 24.0 Å². The molecule has 4 N–H and O–H groups in total. The van der Waals surface area contributed by atoms with Crippen LogP contribution >= 0.6 is 0 Å². The number of nitrogens with one attached hydrogen (secondary N) is 2. The highest BCUT2D eigenvalue weighted by atomic mass is 16.3. The smallest absolute Gasteiger partial charge is 0.236 e. The van der Waals surface area contributed by atoms with E-state index in [-0.39, 0.29) is 11.8 Å². The molecule has 6 heteroatoms. The second kappa shape index (κ2) is 10.9. The summed E-state index contributed by atoms with van der Waals surface area (Å²) in [5.74, 6) is -0.713. The zero-order chi connectivity index (χ0) is 25.7. The van der Waals surface area contributed by atoms with Crippen LogP contribution in [-0.4, -0.2) is 45.3 Å². The van der Waals surface area contributed by atoms with E-state index in [2.05, 4.69) is 10.6 Å². The molecule has 6 nitrogen and oxygen atoms in total. The third kappa shape index (κ3) is 6.92. The zero-order valence-electron chi connectivity index (χ0n) is 21.4. The standard InChI is InChI=1S/C29H40N2O4/c1-27(2,34)23(19-21-13-7-5-8-14-21)30-25(32)29(17-11-12-18-29)26(33)31-24(28(3,4)35)20-22-15-9-6-10-16-22/h5-10,13-16,23-24,34-35H,11-12,17-20H2,1-4H3,(H,30,32)(H,31,33)/t23-,24-/m1/s1. The van der Waals surface area contributed by atoms with Gasteiger partial charge in [0.25, 0.3) is 0 Å². The first-order chi connectivity index (χ1) is 16.4. The monoisotopic (exact) mass is 480 g/mol. The number of aliphatic hydroxyl groups is 2. The van der Waals surface area contributed by atoms with Crippen molar-refractivity contribution >= 4 is 11.8 Å². The van der Waals surface area contributed by atoms with E-state index in [1.54, 1.807) is 27.7 Å². The number of hydrogen-bond acceptors (Lipinski definition) is 4. The fraction of sp³-hybridized carbons (Fsp3) is 0.517. The van der Waals surface area contributed by atoms with Crippen molar-refractivity contribution in [2.45, 2.75) is 89.5 Å². The normalized spacial score (nSPS) is 17.4. The van der Waals surface area contributed by atoms with Gasteiger partial charge in [0, 0.05) is 0 Å². The Labute approximate surface area is 209 Å². The minimum absolute atomic E-state index is 0.357. The molecule has 35 heavy (non-hydrogen) atoms. The van der Waals surface area contributed by atoms with Crippen LogP contribution in [0.15, 0.2) is 60.7 Å². The van der Waals surface area contributed by atoms with Gasteiger partial charge in [0.2, 0.25) is 11.8 Å². The van der Waals surface area contributed by atoms with Gasteiger partial charge < -0.3 is 20.8 Å². The fourth-order valence-corrected chi connectivity index (χ4v) is 4.78. The van der Waals surface area contributed by atoms with Gasteiger partial charge in [-0.25, -0.2) is 0 Å². The molecule has 0 radical (unpaired) electrons. The Kier molecular flexibility index (Phi) is 8.39. The molecule has 3 rings (SSSR count). The number of rotatable bonds is 10. The lowest BCUT2D eigenvalue weighted by molar-refractivity contribution is -0.146. The van der Waals surface area contributed by atoms with E-state index in [1.807, 2.05) is 60.7 Å². The van der Waals surface area contributed by atoms with Crippen LogP contribution in [0.3, 0.4) is 0 Å². The SMILES string of the molecule is CC(C)(O)[C@@H](Cc1ccccc1)NC(=O)C1(C(=O)N[C@H](Cc2ccccc2)C(C)(C)O)CCCC1. The van der Waals surface area contributed by atoms with Gasteiger partial charge in [-0.1, -0.05) is 73.5 Å². The molecule has 0 heterocycles. The summed E-state index contributed by atoms with van der Waals surface area (Å²) in [4.78, 5) is 27.4. The third-order valence-electron chi connectivity index (χ3n) is 7.21. The van der Waals surface area contributed by atoms with Gasteiger partial charge >= 0.3 is 0 Å². The largest absolute Gasteiger partial charge is 0.388 e. The second-order valence-electron chi connectivity index (χ2n) is 11.0. The number of benzene rings is 2. The topological polar surface area (TPSA) is 98.7 Å². The van der Waals surface area contributed by atoms with Crippen LogP contribution in [-0.2, 0) is 22.4 Å². The van der Waals surface area contributed by atoms with Crippen molar-refractivity contribution in [3.8, 4) is 0 Å². The summed E-state index contributed by atoms with van der Waals surface area (Å²) in [6.45, 7) is 6.69. The van der Waals surface area contributed by atoms with Gasteiger partial charge in [-0.05, 0) is 64.5 Å². The number of hydrogen-bond donors (Lipinski definition) is 4. The summed E-state index contributed by atoms with van der Waals surface area (Å²) in [6.07, 6.45) is 3.34. The van der Waals surface area contributed by atoms with Crippen molar-refractivity contribution in [2.75, 3.05) is 0 Å². The van der Waals surface area contributed by atoms with Gasteiger partial charge in [0.05, 0.1) is 23.3 Å². The van der Waals surface area contributed by atoms with Gasteiger partial charge in [0.15, 0.2) is 0 Å². The maximum absolute atomic E-state index is 13.7. The Morgan fingerprint density at radius 2 is 1.09 bits per heavy atom. The van der Waals surface area contributed by atoms with Crippen molar-refractivity contribution in [1.29, 1.82) is 0 Å². The van der Waals surface area contributed by atoms with Gasteiger partial charge in [0.1, 0.15) is 5.41 Å². The van der Waals surface area contributed by atoms with E-state index in [1.165, 1.54) is 0 Å². The lowest BCUT2D eigenvalue weighted by atomic mass is 9.81. The summed E-state index contributed by atoms with van der Waals surface area (Å²) in [7, 11) is 0. The second-order valence-corrected chi connectivity index (χ2v) is 11.0. The molecule has 0 aliphatic heterocycles. The molecule has 1 fully saturated rings. The van der Waals surface area contributed by atoms with Crippen LogP contribution in [0.4, 0.5) is 0 Å². The van der Waals surface area contributed by atoms with Gasteiger partial charge in [-0.3, -0.25) is 9.59 Å². The predicted molar refractivity (Wildman–Crippen MR) is 138 cm³/mol. The highest BCUT2D eigenvalue weighted by Crippen LogP contribution is 2.39. The van der Waals surface area contributed by atoms with E-state index < -0.39 is 28.7 Å². The molecule has 2 aromatic rings. The first-order valence-electron chi connectivity index (χ1n) is 12.6. The molecule has 1 aliphatic rings. The number of carbonyl (C=O) groups is 2. The van der Waals surface area contributed by atoms with E-state index in [4.69, 9.17) is 0 Å². The van der Waals surface area contributed by atoms with Gasteiger partial charge in [-0.2, -0.15) is 0 Å². The van der Waals surface area contributed by atoms with Crippen molar-refractivity contribution in [3.05, 3.63) is 71.8 Å². The van der Waals surface area contributed by atoms with Crippen LogP contribution in [0.25, 0.3) is 0 Å². The predicted octanol–water partition coefficient (Wildman–Crippen LogP) is 3.54. The van der Waals surface area contributed by atoms with Gasteiger partial charge in [-0.15, -0.1) is 0 Å². The summed E-state index contributed by atoms with van der Waals surface area (Å²) in [6, 6.07) is 18.3. The van der Waals surface area contributed by atoms with Crippen LogP contribution in [0, 0.1) is 5.41 Å². The quantitative estimate of drug-likeness (QED) is 0.391. The number of amides is 2. The minimum atomic E-state index is -1.22. The molecule has 2 amide bonds. The summed E-state index contributed by atoms with van der Waals surface area (Å²) >= 11 is 0. The maximum Gasteiger partial charge on any atom is 0.236 e. The molecule has 1 saturated carbocycles. The molecule has 1 aliphatic carbocycles. The Hall–Kier alpha value is -2.70. The Morgan fingerprint density at radius 3 is 1.40 bits per heavy atom. The van der Waals surface area contributed by atoms with Crippen molar-refractivity contribution in [2.24, 2.45) is 5.41 Å². The Balaban J connectivity index is 1.81. The molecule has 0 bridgehead atoms. The highest BCUT2D eigenvalue weighted by molar-refractivity contribution is 6.05. The maximum atomic E-state index is 13.7. The van der Waals surface area contributed by atoms with E-state index >= 15 is 0 Å². The summed E-state index contributed by atoms with van der Waals surface area (Å²) < 4.78 is 0. The fourth-order valence-electron chi connectivity index (χ4n) is 4.78. The molecule has 190 valence electrons. The molecule has 2 aromatic carbocycles. The lowest BCUT2D eigenvalue weighted by Gasteiger charge is -2.37. The first kappa shape index (κ1) is 26.9. The molecular formula is C29H40N2O4. The van der Waals surface area contributed by atoms with E-state index in [9.17, 15) is 19.8 Å². The molecular weight excluding hydrogens is 440 g/mol. The Bertz CT molecular complexity index is 896. The average Bonchev–Trinajstić information content (AvgIpc) is 3.30. The zero-order valence-corrected chi connectivity index (χ0v) is 21.4. The molecule has 2 atom stereocenters. The first-order valence-corrected chi connectivity index (χ1v) is 12.6.